The van der Waals surface area contributed by atoms with Gasteiger partial charge in [-0.15, -0.1) is 0 Å². The Kier molecular flexibility index (Phi) is 4.79. The van der Waals surface area contributed by atoms with Crippen molar-refractivity contribution in [1.82, 2.24) is 0 Å². The van der Waals surface area contributed by atoms with Crippen molar-refractivity contribution >= 4 is 0 Å². The minimum atomic E-state index is 0.617. The smallest absolute Gasteiger partial charge is 0.00167 e. The fraction of sp³-hybridized carbons (Fsp3) is 0.368. The third kappa shape index (κ3) is 3.26. The van der Waals surface area contributed by atoms with Crippen LogP contribution in [0.3, 0.4) is 0 Å². The average Bonchev–Trinajstić information content (AvgIpc) is 2.47. The van der Waals surface area contributed by atoms with Gasteiger partial charge in [-0.2, -0.15) is 0 Å². The molecule has 0 aliphatic carbocycles. The minimum Gasteiger partial charge on any atom is -0.0648 e. The van der Waals surface area contributed by atoms with Crippen LogP contribution in [0.5, 0.6) is 0 Å². The summed E-state index contributed by atoms with van der Waals surface area (Å²) in [5, 5.41) is 0. The van der Waals surface area contributed by atoms with E-state index in [2.05, 4.69) is 69.3 Å². The van der Waals surface area contributed by atoms with Crippen LogP contribution in [0.4, 0.5) is 0 Å². The van der Waals surface area contributed by atoms with Crippen molar-refractivity contribution in [3.63, 3.8) is 0 Å². The van der Waals surface area contributed by atoms with Gasteiger partial charge in [-0.05, 0) is 53.5 Å². The zero-order chi connectivity index (χ0) is 13.7. The first-order valence-electron chi connectivity index (χ1n) is 7.32. The maximum Gasteiger partial charge on any atom is -0.00167 e. The molecule has 0 saturated heterocycles. The first-order valence-corrected chi connectivity index (χ1v) is 7.32. The molecule has 1 unspecified atom stereocenters. The monoisotopic (exact) mass is 251 g/mol. The summed E-state index contributed by atoms with van der Waals surface area (Å²) in [6.07, 6.45) is 3.29. The number of rotatable bonds is 5. The highest BCUT2D eigenvalue weighted by Gasteiger charge is 2.13. The lowest BCUT2D eigenvalue weighted by Gasteiger charge is -2.19. The van der Waals surface area contributed by atoms with Crippen LogP contribution < -0.4 is 0 Å². The molecular formula is C19H23. The third-order valence-corrected chi connectivity index (χ3v) is 3.92. The Morgan fingerprint density at radius 2 is 1.79 bits per heavy atom. The zero-order valence-electron chi connectivity index (χ0n) is 12.2. The highest BCUT2D eigenvalue weighted by atomic mass is 14.2. The van der Waals surface area contributed by atoms with Crippen LogP contribution in [-0.4, -0.2) is 0 Å². The summed E-state index contributed by atoms with van der Waals surface area (Å²) in [6, 6.07) is 18.5. The molecule has 0 saturated carbocycles. The molecule has 0 fully saturated rings. The summed E-state index contributed by atoms with van der Waals surface area (Å²) in [5.74, 6) is 0.617. The largest absolute Gasteiger partial charge is 0.0648 e. The van der Waals surface area contributed by atoms with E-state index in [9.17, 15) is 0 Å². The normalized spacial score (nSPS) is 12.4. The van der Waals surface area contributed by atoms with Gasteiger partial charge in [0.25, 0.3) is 0 Å². The molecule has 2 aromatic rings. The lowest BCUT2D eigenvalue weighted by Crippen LogP contribution is -2.04. The molecule has 19 heavy (non-hydrogen) atoms. The van der Waals surface area contributed by atoms with Gasteiger partial charge >= 0.3 is 0 Å². The van der Waals surface area contributed by atoms with Gasteiger partial charge in [-0.3, -0.25) is 0 Å². The molecule has 0 nitrogen and oxygen atoms in total. The molecule has 0 heteroatoms. The zero-order valence-corrected chi connectivity index (χ0v) is 12.2. The first kappa shape index (κ1) is 13.9. The lowest BCUT2D eigenvalue weighted by molar-refractivity contribution is 0.714. The Morgan fingerprint density at radius 3 is 2.42 bits per heavy atom. The van der Waals surface area contributed by atoms with E-state index in [1.807, 2.05) is 0 Å². The van der Waals surface area contributed by atoms with Gasteiger partial charge in [-0.25, -0.2) is 0 Å². The second-order valence-corrected chi connectivity index (χ2v) is 5.22. The molecule has 2 aromatic carbocycles. The number of hydrogen-bond donors (Lipinski definition) is 0. The highest BCUT2D eigenvalue weighted by Crippen LogP contribution is 2.28. The average molecular weight is 251 g/mol. The van der Waals surface area contributed by atoms with E-state index in [0.717, 1.165) is 12.8 Å². The minimum absolute atomic E-state index is 0.617. The number of hydrogen-bond acceptors (Lipinski definition) is 0. The predicted octanol–water partition coefficient (Wildman–Crippen LogP) is 5.15. The maximum absolute atomic E-state index is 3.48. The quantitative estimate of drug-likeness (QED) is 0.689. The van der Waals surface area contributed by atoms with Crippen LogP contribution in [-0.2, 0) is 12.8 Å². The van der Waals surface area contributed by atoms with Gasteiger partial charge in [0.1, 0.15) is 0 Å². The van der Waals surface area contributed by atoms with Crippen molar-refractivity contribution in [2.75, 3.05) is 0 Å². The lowest BCUT2D eigenvalue weighted by atomic mass is 9.86. The van der Waals surface area contributed by atoms with Crippen LogP contribution in [0.15, 0.2) is 42.5 Å². The molecule has 1 radical (unpaired) electrons. The topological polar surface area (TPSA) is 0 Å². The molecule has 0 aliphatic rings. The summed E-state index contributed by atoms with van der Waals surface area (Å²) >= 11 is 0. The molecule has 0 aliphatic heterocycles. The summed E-state index contributed by atoms with van der Waals surface area (Å²) in [5.41, 5.74) is 5.76. The van der Waals surface area contributed by atoms with Crippen molar-refractivity contribution in [3.8, 4) is 0 Å². The Labute approximate surface area is 117 Å². The number of benzene rings is 2. The fourth-order valence-corrected chi connectivity index (χ4v) is 2.68. The molecule has 0 N–H and O–H groups in total. The Balaban J connectivity index is 2.39. The van der Waals surface area contributed by atoms with Gasteiger partial charge in [0.05, 0.1) is 0 Å². The van der Waals surface area contributed by atoms with Crippen molar-refractivity contribution in [1.29, 1.82) is 0 Å². The molecule has 1 atom stereocenters. The van der Waals surface area contributed by atoms with E-state index < -0.39 is 0 Å². The summed E-state index contributed by atoms with van der Waals surface area (Å²) < 4.78 is 0. The predicted molar refractivity (Wildman–Crippen MR) is 82.6 cm³/mol. The van der Waals surface area contributed by atoms with Crippen LogP contribution >= 0.6 is 0 Å². The second-order valence-electron chi connectivity index (χ2n) is 5.22. The Bertz CT molecular complexity index is 511. The molecule has 99 valence electrons. The molecule has 0 heterocycles. The van der Waals surface area contributed by atoms with Crippen LogP contribution in [0.1, 0.15) is 55.4 Å². The van der Waals surface area contributed by atoms with Gasteiger partial charge in [-0.1, -0.05) is 63.2 Å². The SMILES string of the molecule is CCc1cc[c]c(Cc2ccccc2)c1C(C)CC. The van der Waals surface area contributed by atoms with E-state index in [0.29, 0.717) is 5.92 Å². The molecule has 2 rings (SSSR count). The van der Waals surface area contributed by atoms with Crippen molar-refractivity contribution in [2.45, 2.75) is 46.0 Å². The van der Waals surface area contributed by atoms with Crippen LogP contribution in [0, 0.1) is 6.07 Å². The van der Waals surface area contributed by atoms with E-state index in [4.69, 9.17) is 0 Å². The molecule has 0 amide bonds. The van der Waals surface area contributed by atoms with Crippen molar-refractivity contribution < 1.29 is 0 Å². The summed E-state index contributed by atoms with van der Waals surface area (Å²) in [7, 11) is 0. The second kappa shape index (κ2) is 6.56. The molecule has 0 bridgehead atoms. The molecule has 0 spiro atoms. The van der Waals surface area contributed by atoms with E-state index >= 15 is 0 Å². The van der Waals surface area contributed by atoms with Crippen LogP contribution in [0.2, 0.25) is 0 Å². The molecule has 0 aromatic heterocycles. The van der Waals surface area contributed by atoms with E-state index in [1.165, 1.54) is 28.7 Å². The summed E-state index contributed by atoms with van der Waals surface area (Å²) in [6.45, 7) is 6.84. The van der Waals surface area contributed by atoms with Gasteiger partial charge in [0.2, 0.25) is 0 Å². The highest BCUT2D eigenvalue weighted by molar-refractivity contribution is 5.40. The van der Waals surface area contributed by atoms with Crippen molar-refractivity contribution in [3.05, 3.63) is 70.8 Å². The fourth-order valence-electron chi connectivity index (χ4n) is 2.68. The van der Waals surface area contributed by atoms with Crippen LogP contribution in [0.25, 0.3) is 0 Å². The van der Waals surface area contributed by atoms with E-state index in [1.54, 1.807) is 0 Å². The van der Waals surface area contributed by atoms with Gasteiger partial charge < -0.3 is 0 Å². The number of aryl methyl sites for hydroxylation is 1. The first-order chi connectivity index (χ1) is 9.26. The third-order valence-electron chi connectivity index (χ3n) is 3.92. The Hall–Kier alpha value is -1.56. The Morgan fingerprint density at radius 1 is 1.05 bits per heavy atom. The van der Waals surface area contributed by atoms with E-state index in [-0.39, 0.29) is 0 Å². The van der Waals surface area contributed by atoms with Gasteiger partial charge in [0.15, 0.2) is 0 Å². The summed E-state index contributed by atoms with van der Waals surface area (Å²) in [4.78, 5) is 0. The van der Waals surface area contributed by atoms with Gasteiger partial charge in [0, 0.05) is 0 Å². The molecular weight excluding hydrogens is 228 g/mol. The standard InChI is InChI=1S/C19H23/c1-4-15(3)19-17(5-2)12-9-13-18(19)14-16-10-7-6-8-11-16/h6-12,15H,4-5,14H2,1-3H3. The van der Waals surface area contributed by atoms with Crippen molar-refractivity contribution in [2.24, 2.45) is 0 Å². The maximum atomic E-state index is 3.48.